The van der Waals surface area contributed by atoms with Crippen molar-refractivity contribution in [2.45, 2.75) is 31.1 Å². The zero-order chi connectivity index (χ0) is 22.1. The highest BCUT2D eigenvalue weighted by Gasteiger charge is 2.31. The summed E-state index contributed by atoms with van der Waals surface area (Å²) >= 11 is 0. The molecule has 8 nitrogen and oxygen atoms in total. The third-order valence-corrected chi connectivity index (χ3v) is 8.17. The highest BCUT2D eigenvalue weighted by atomic mass is 32.2. The van der Waals surface area contributed by atoms with Crippen LogP contribution >= 0.6 is 0 Å². The van der Waals surface area contributed by atoms with Gasteiger partial charge in [0.2, 0.25) is 16.0 Å². The van der Waals surface area contributed by atoms with E-state index in [1.165, 1.54) is 19.3 Å². The van der Waals surface area contributed by atoms with E-state index >= 15 is 0 Å². The lowest BCUT2D eigenvalue weighted by Gasteiger charge is -2.35. The molecule has 0 unspecified atom stereocenters. The second kappa shape index (κ2) is 8.63. The Morgan fingerprint density at radius 1 is 0.844 bits per heavy atom. The van der Waals surface area contributed by atoms with Gasteiger partial charge in [0.05, 0.1) is 5.52 Å². The zero-order valence-corrected chi connectivity index (χ0v) is 19.1. The first-order valence-corrected chi connectivity index (χ1v) is 12.7. The number of nitrogens with zero attached hydrogens (tertiary/aromatic N) is 6. The number of piperidine rings is 1. The second-order valence-electron chi connectivity index (χ2n) is 8.44. The van der Waals surface area contributed by atoms with Gasteiger partial charge in [-0.2, -0.15) is 9.29 Å². The number of sulfonamides is 1. The molecule has 2 saturated heterocycles. The number of pyridine rings is 1. The van der Waals surface area contributed by atoms with Crippen molar-refractivity contribution in [3.05, 3.63) is 48.3 Å². The van der Waals surface area contributed by atoms with Gasteiger partial charge in [-0.15, -0.1) is 0 Å². The summed E-state index contributed by atoms with van der Waals surface area (Å²) in [5.41, 5.74) is 1.46. The van der Waals surface area contributed by atoms with E-state index in [4.69, 9.17) is 4.98 Å². The average molecular weight is 453 g/mol. The van der Waals surface area contributed by atoms with E-state index in [9.17, 15) is 8.42 Å². The first kappa shape index (κ1) is 21.1. The molecule has 0 spiro atoms. The van der Waals surface area contributed by atoms with Crippen LogP contribution in [0.4, 0.5) is 11.8 Å². The van der Waals surface area contributed by atoms with E-state index in [1.54, 1.807) is 22.6 Å². The number of benzene rings is 1. The number of aromatic nitrogens is 3. The lowest BCUT2D eigenvalue weighted by molar-refractivity contribution is 0.383. The van der Waals surface area contributed by atoms with Crippen LogP contribution in [0.15, 0.2) is 47.5 Å². The van der Waals surface area contributed by atoms with Crippen molar-refractivity contribution in [3.63, 3.8) is 0 Å². The van der Waals surface area contributed by atoms with Gasteiger partial charge >= 0.3 is 0 Å². The monoisotopic (exact) mass is 452 g/mol. The number of rotatable bonds is 4. The van der Waals surface area contributed by atoms with Crippen LogP contribution in [0.3, 0.4) is 0 Å². The molecule has 9 heteroatoms. The maximum Gasteiger partial charge on any atom is 0.245 e. The molecule has 0 N–H and O–H groups in total. The van der Waals surface area contributed by atoms with Crippen LogP contribution in [-0.4, -0.2) is 66.9 Å². The van der Waals surface area contributed by atoms with E-state index < -0.39 is 10.0 Å². The minimum Gasteiger partial charge on any atom is -0.356 e. The minimum absolute atomic E-state index is 0.267. The van der Waals surface area contributed by atoms with E-state index in [2.05, 4.69) is 19.8 Å². The summed E-state index contributed by atoms with van der Waals surface area (Å²) in [7, 11) is -3.63. The summed E-state index contributed by atoms with van der Waals surface area (Å²) < 4.78 is 28.3. The van der Waals surface area contributed by atoms with Crippen molar-refractivity contribution in [1.82, 2.24) is 19.3 Å². The van der Waals surface area contributed by atoms with E-state index in [1.807, 2.05) is 31.2 Å². The summed E-state index contributed by atoms with van der Waals surface area (Å²) in [5.74, 6) is 1.67. The molecule has 1 aromatic carbocycles. The number of aryl methyl sites for hydroxylation is 1. The maximum absolute atomic E-state index is 13.4. The van der Waals surface area contributed by atoms with Crippen molar-refractivity contribution in [3.8, 4) is 0 Å². The molecule has 5 rings (SSSR count). The first-order chi connectivity index (χ1) is 15.5. The van der Waals surface area contributed by atoms with Crippen molar-refractivity contribution in [2.24, 2.45) is 0 Å². The molecule has 2 fully saturated rings. The highest BCUT2D eigenvalue weighted by Crippen LogP contribution is 2.26. The summed E-state index contributed by atoms with van der Waals surface area (Å²) in [6, 6.07) is 11.0. The standard InChI is InChI=1S/C23H28N6O2S/c1-18-17-21(27-11-3-2-4-12-27)26-23(25-18)28-13-15-29(16-14-28)32(30,31)20-9-5-7-19-8-6-10-24-22(19)20/h5-10,17H,2-4,11-16H2,1H3. The lowest BCUT2D eigenvalue weighted by Crippen LogP contribution is -2.49. The van der Waals surface area contributed by atoms with Crippen molar-refractivity contribution >= 4 is 32.7 Å². The number of para-hydroxylation sites is 1. The largest absolute Gasteiger partial charge is 0.356 e. The Morgan fingerprint density at radius 2 is 1.59 bits per heavy atom. The molecular formula is C23H28N6O2S. The number of fused-ring (bicyclic) bond motifs is 1. The summed E-state index contributed by atoms with van der Waals surface area (Å²) in [6.45, 7) is 5.94. The Bertz CT molecular complexity index is 1210. The summed E-state index contributed by atoms with van der Waals surface area (Å²) in [6.07, 6.45) is 5.29. The number of piperazine rings is 1. The first-order valence-electron chi connectivity index (χ1n) is 11.2. The summed E-state index contributed by atoms with van der Waals surface area (Å²) in [4.78, 5) is 18.5. The van der Waals surface area contributed by atoms with Gasteiger partial charge in [0, 0.05) is 62.6 Å². The Labute approximate surface area is 189 Å². The quantitative estimate of drug-likeness (QED) is 0.602. The molecule has 168 valence electrons. The van der Waals surface area contributed by atoms with Gasteiger partial charge in [0.1, 0.15) is 10.7 Å². The molecule has 2 aromatic heterocycles. The normalized spacial score (nSPS) is 18.3. The maximum atomic E-state index is 13.4. The fourth-order valence-corrected chi connectivity index (χ4v) is 6.10. The molecule has 32 heavy (non-hydrogen) atoms. The van der Waals surface area contributed by atoms with Crippen LogP contribution in [0.5, 0.6) is 0 Å². The van der Waals surface area contributed by atoms with Crippen LogP contribution < -0.4 is 9.80 Å². The van der Waals surface area contributed by atoms with E-state index in [0.717, 1.165) is 30.0 Å². The van der Waals surface area contributed by atoms with Crippen LogP contribution in [-0.2, 0) is 10.0 Å². The SMILES string of the molecule is Cc1cc(N2CCCCC2)nc(N2CCN(S(=O)(=O)c3cccc4cccnc34)CC2)n1. The molecule has 2 aliphatic heterocycles. The van der Waals surface area contributed by atoms with Gasteiger partial charge in [0.15, 0.2) is 0 Å². The van der Waals surface area contributed by atoms with Gasteiger partial charge in [0.25, 0.3) is 0 Å². The molecule has 0 atom stereocenters. The van der Waals surface area contributed by atoms with Crippen molar-refractivity contribution < 1.29 is 8.42 Å². The van der Waals surface area contributed by atoms with Crippen LogP contribution in [0, 0.1) is 6.92 Å². The van der Waals surface area contributed by atoms with Crippen LogP contribution in [0.25, 0.3) is 10.9 Å². The fourth-order valence-electron chi connectivity index (χ4n) is 4.51. The molecular weight excluding hydrogens is 424 g/mol. The predicted molar refractivity (Wildman–Crippen MR) is 126 cm³/mol. The molecule has 2 aliphatic rings. The molecule has 3 aromatic rings. The molecule has 0 amide bonds. The minimum atomic E-state index is -3.63. The smallest absolute Gasteiger partial charge is 0.245 e. The Morgan fingerprint density at radius 3 is 2.38 bits per heavy atom. The zero-order valence-electron chi connectivity index (χ0n) is 18.3. The Kier molecular flexibility index (Phi) is 5.69. The van der Waals surface area contributed by atoms with Crippen LogP contribution in [0.1, 0.15) is 25.0 Å². The third kappa shape index (κ3) is 4.02. The Balaban J connectivity index is 1.34. The van der Waals surface area contributed by atoms with Gasteiger partial charge in [-0.3, -0.25) is 4.98 Å². The second-order valence-corrected chi connectivity index (χ2v) is 10.3. The molecule has 0 bridgehead atoms. The average Bonchev–Trinajstić information content (AvgIpc) is 2.84. The molecule has 4 heterocycles. The van der Waals surface area contributed by atoms with Gasteiger partial charge in [-0.1, -0.05) is 18.2 Å². The summed E-state index contributed by atoms with van der Waals surface area (Å²) in [5, 5.41) is 0.825. The van der Waals surface area contributed by atoms with E-state index in [0.29, 0.717) is 37.6 Å². The van der Waals surface area contributed by atoms with Gasteiger partial charge in [-0.05, 0) is 38.3 Å². The van der Waals surface area contributed by atoms with Gasteiger partial charge < -0.3 is 9.80 Å². The highest BCUT2D eigenvalue weighted by molar-refractivity contribution is 7.89. The topological polar surface area (TPSA) is 82.5 Å². The molecule has 0 aliphatic carbocycles. The lowest BCUT2D eigenvalue weighted by atomic mass is 10.1. The van der Waals surface area contributed by atoms with Crippen molar-refractivity contribution in [1.29, 1.82) is 0 Å². The van der Waals surface area contributed by atoms with E-state index in [-0.39, 0.29) is 4.90 Å². The molecule has 0 saturated carbocycles. The third-order valence-electron chi connectivity index (χ3n) is 6.24. The number of anilines is 2. The van der Waals surface area contributed by atoms with Gasteiger partial charge in [-0.25, -0.2) is 13.4 Å². The predicted octanol–water partition coefficient (Wildman–Crippen LogP) is 2.83. The number of hydrogen-bond acceptors (Lipinski definition) is 7. The van der Waals surface area contributed by atoms with Crippen molar-refractivity contribution in [2.75, 3.05) is 49.1 Å². The van der Waals surface area contributed by atoms with Crippen LogP contribution in [0.2, 0.25) is 0 Å². The number of hydrogen-bond donors (Lipinski definition) is 0. The molecule has 0 radical (unpaired) electrons. The fraction of sp³-hybridized carbons (Fsp3) is 0.435. The Hall–Kier alpha value is -2.78.